The highest BCUT2D eigenvalue weighted by atomic mass is 16.5. The molecular weight excluding hydrogens is 352 g/mol. The summed E-state index contributed by atoms with van der Waals surface area (Å²) in [6.45, 7) is 2.02. The van der Waals surface area contributed by atoms with E-state index in [9.17, 15) is 4.79 Å². The number of ether oxygens (including phenoxy) is 1. The summed E-state index contributed by atoms with van der Waals surface area (Å²) in [5, 5.41) is 0. The van der Waals surface area contributed by atoms with Crippen LogP contribution < -0.4 is 10.5 Å². The molecule has 6 nitrogen and oxygen atoms in total. The van der Waals surface area contributed by atoms with Crippen LogP contribution in [0.4, 0.5) is 0 Å². The molecule has 28 heavy (non-hydrogen) atoms. The third-order valence-corrected chi connectivity index (χ3v) is 6.38. The van der Waals surface area contributed by atoms with Crippen molar-refractivity contribution >= 4 is 11.9 Å². The van der Waals surface area contributed by atoms with Gasteiger partial charge in [0.15, 0.2) is 11.5 Å². The molecule has 3 atom stereocenters. The molecule has 1 aromatic heterocycles. The fourth-order valence-electron chi connectivity index (χ4n) is 4.98. The van der Waals surface area contributed by atoms with Crippen LogP contribution in [0.25, 0.3) is 11.1 Å². The average molecular weight is 376 g/mol. The smallest absolute Gasteiger partial charge is 0.262 e. The molecule has 0 saturated heterocycles. The first-order chi connectivity index (χ1) is 13.5. The Balaban J connectivity index is 1.73. The molecule has 2 aliphatic heterocycles. The second kappa shape index (κ2) is 6.06. The molecule has 1 aliphatic carbocycles. The number of fused-ring (bicyclic) bond motifs is 4. The normalized spacial score (nSPS) is 28.6. The Hall–Kier alpha value is -2.89. The van der Waals surface area contributed by atoms with E-state index in [4.69, 9.17) is 15.5 Å². The Morgan fingerprint density at radius 2 is 2.00 bits per heavy atom. The third kappa shape index (κ3) is 2.30. The molecule has 2 unspecified atom stereocenters. The highest BCUT2D eigenvalue weighted by Gasteiger charge is 2.60. The van der Waals surface area contributed by atoms with Gasteiger partial charge in [0.1, 0.15) is 11.9 Å². The fraction of sp³-hybridized carbons (Fsp3) is 0.409. The number of hydrogen-bond donors (Lipinski definition) is 1. The summed E-state index contributed by atoms with van der Waals surface area (Å²) in [5.41, 5.74) is 9.08. The van der Waals surface area contributed by atoms with Gasteiger partial charge in [-0.1, -0.05) is 12.5 Å². The molecule has 1 amide bonds. The van der Waals surface area contributed by atoms with E-state index in [-0.39, 0.29) is 23.9 Å². The van der Waals surface area contributed by atoms with Crippen LogP contribution in [0.5, 0.6) is 5.75 Å². The molecule has 1 spiro atoms. The molecule has 0 bridgehead atoms. The third-order valence-electron chi connectivity index (χ3n) is 6.38. The maximum absolute atomic E-state index is 13.5. The summed E-state index contributed by atoms with van der Waals surface area (Å²) in [4.78, 5) is 24.1. The number of carbonyl (C=O) groups is 1. The second-order valence-electron chi connectivity index (χ2n) is 8.11. The lowest BCUT2D eigenvalue weighted by atomic mass is 9.67. The predicted octanol–water partition coefficient (Wildman–Crippen LogP) is 2.99. The number of amides is 1. The maximum Gasteiger partial charge on any atom is 0.262 e. The number of benzene rings is 1. The van der Waals surface area contributed by atoms with Crippen molar-refractivity contribution in [3.05, 3.63) is 47.8 Å². The van der Waals surface area contributed by atoms with Gasteiger partial charge in [-0.25, -0.2) is 4.99 Å². The van der Waals surface area contributed by atoms with Crippen molar-refractivity contribution in [2.75, 3.05) is 7.05 Å². The zero-order valence-electron chi connectivity index (χ0n) is 16.2. The summed E-state index contributed by atoms with van der Waals surface area (Å²) in [7, 11) is 1.71. The molecule has 6 heteroatoms. The van der Waals surface area contributed by atoms with Crippen LogP contribution in [-0.2, 0) is 10.3 Å². The van der Waals surface area contributed by atoms with Gasteiger partial charge in [-0.15, -0.1) is 0 Å². The van der Waals surface area contributed by atoms with Gasteiger partial charge in [-0.2, -0.15) is 0 Å². The summed E-state index contributed by atoms with van der Waals surface area (Å²) in [6.07, 6.45) is 7.73. The highest BCUT2D eigenvalue weighted by molar-refractivity contribution is 6.07. The number of likely N-dealkylation sites (N-methyl/N-ethyl adjacent to an activating group) is 1. The molecule has 1 aromatic carbocycles. The number of pyridine rings is 1. The number of guanidine groups is 1. The number of rotatable bonds is 1. The van der Waals surface area contributed by atoms with Crippen LogP contribution in [0.2, 0.25) is 0 Å². The largest absolute Gasteiger partial charge is 0.490 e. The van der Waals surface area contributed by atoms with Crippen LogP contribution in [0, 0.1) is 12.8 Å². The van der Waals surface area contributed by atoms with Crippen molar-refractivity contribution in [1.82, 2.24) is 9.88 Å². The minimum Gasteiger partial charge on any atom is -0.490 e. The van der Waals surface area contributed by atoms with Gasteiger partial charge in [0.2, 0.25) is 0 Å². The molecule has 5 rings (SSSR count). The Kier molecular flexibility index (Phi) is 3.73. The lowest BCUT2D eigenvalue weighted by Crippen LogP contribution is -2.53. The highest BCUT2D eigenvalue weighted by Crippen LogP contribution is 2.53. The standard InChI is InChI=1S/C22H24N4O2/c1-13-9-15(12-24-11-13)14-7-8-19-17(10-14)22(20(27)26(2)21(23)25-22)16-5-3-4-6-18(16)28-19/h7-12,16,18H,3-6H2,1-2H3,(H2,23,25)/t16-,18?,22?/m0/s1. The van der Waals surface area contributed by atoms with Crippen LogP contribution in [-0.4, -0.2) is 34.9 Å². The Bertz CT molecular complexity index is 1000. The summed E-state index contributed by atoms with van der Waals surface area (Å²) in [6, 6.07) is 8.14. The lowest BCUT2D eigenvalue weighted by Gasteiger charge is -2.46. The summed E-state index contributed by atoms with van der Waals surface area (Å²) in [5.74, 6) is 0.985. The molecule has 3 heterocycles. The van der Waals surface area contributed by atoms with Gasteiger partial charge >= 0.3 is 0 Å². The van der Waals surface area contributed by atoms with E-state index in [0.29, 0.717) is 0 Å². The van der Waals surface area contributed by atoms with Gasteiger partial charge < -0.3 is 10.5 Å². The number of carbonyl (C=O) groups excluding carboxylic acids is 1. The van der Waals surface area contributed by atoms with Crippen molar-refractivity contribution in [1.29, 1.82) is 0 Å². The molecule has 1 fully saturated rings. The summed E-state index contributed by atoms with van der Waals surface area (Å²) >= 11 is 0. The number of nitrogens with two attached hydrogens (primary N) is 1. The van der Waals surface area contributed by atoms with Gasteiger partial charge in [0.25, 0.3) is 5.91 Å². The number of nitrogens with zero attached hydrogens (tertiary/aromatic N) is 3. The molecule has 1 saturated carbocycles. The average Bonchev–Trinajstić information content (AvgIpc) is 2.93. The van der Waals surface area contributed by atoms with Crippen LogP contribution >= 0.6 is 0 Å². The van der Waals surface area contributed by atoms with E-state index < -0.39 is 5.54 Å². The quantitative estimate of drug-likeness (QED) is 0.830. The zero-order valence-corrected chi connectivity index (χ0v) is 16.2. The molecule has 2 N–H and O–H groups in total. The van der Waals surface area contributed by atoms with Crippen molar-refractivity contribution < 1.29 is 9.53 Å². The van der Waals surface area contributed by atoms with Crippen molar-refractivity contribution in [2.24, 2.45) is 16.6 Å². The fourth-order valence-corrected chi connectivity index (χ4v) is 4.98. The first-order valence-electron chi connectivity index (χ1n) is 9.87. The van der Waals surface area contributed by atoms with Gasteiger partial charge in [0, 0.05) is 36.5 Å². The topological polar surface area (TPSA) is 80.8 Å². The molecule has 3 aliphatic rings. The van der Waals surface area contributed by atoms with Crippen molar-refractivity contribution in [2.45, 2.75) is 44.2 Å². The lowest BCUT2D eigenvalue weighted by molar-refractivity contribution is -0.136. The maximum atomic E-state index is 13.5. The zero-order chi connectivity index (χ0) is 19.5. The van der Waals surface area contributed by atoms with Crippen molar-refractivity contribution in [3.8, 4) is 16.9 Å². The van der Waals surface area contributed by atoms with E-state index in [1.807, 2.05) is 37.5 Å². The van der Waals surface area contributed by atoms with Crippen LogP contribution in [0.15, 0.2) is 41.7 Å². The van der Waals surface area contributed by atoms with Crippen molar-refractivity contribution in [3.63, 3.8) is 0 Å². The van der Waals surface area contributed by atoms with Gasteiger partial charge in [-0.3, -0.25) is 14.7 Å². The second-order valence-corrected chi connectivity index (χ2v) is 8.11. The molecule has 2 aromatic rings. The van der Waals surface area contributed by atoms with Gasteiger partial charge in [0.05, 0.1) is 0 Å². The Morgan fingerprint density at radius 3 is 2.75 bits per heavy atom. The molecular formula is C22H24N4O2. The van der Waals surface area contributed by atoms with Crippen LogP contribution in [0.1, 0.15) is 36.8 Å². The molecule has 0 radical (unpaired) electrons. The van der Waals surface area contributed by atoms with E-state index in [2.05, 4.69) is 11.1 Å². The monoisotopic (exact) mass is 376 g/mol. The molecule has 144 valence electrons. The first kappa shape index (κ1) is 17.2. The van der Waals surface area contributed by atoms with E-state index in [0.717, 1.165) is 53.7 Å². The Labute approximate surface area is 164 Å². The number of aryl methyl sites for hydroxylation is 1. The van der Waals surface area contributed by atoms with Crippen LogP contribution in [0.3, 0.4) is 0 Å². The predicted molar refractivity (Wildman–Crippen MR) is 107 cm³/mol. The number of aromatic nitrogens is 1. The summed E-state index contributed by atoms with van der Waals surface area (Å²) < 4.78 is 6.36. The number of hydrogen-bond acceptors (Lipinski definition) is 5. The van der Waals surface area contributed by atoms with Gasteiger partial charge in [-0.05, 0) is 55.5 Å². The minimum atomic E-state index is -0.981. The number of aliphatic imine (C=N–C) groups is 1. The van der Waals surface area contributed by atoms with E-state index in [1.165, 1.54) is 4.90 Å². The van der Waals surface area contributed by atoms with E-state index in [1.54, 1.807) is 7.05 Å². The SMILES string of the molecule is Cc1cncc(-c2ccc3c(c2)C2(N=C(N)N(C)C2=O)[C@H]2CCCCC2O3)c1. The minimum absolute atomic E-state index is 0.000244. The first-order valence-corrected chi connectivity index (χ1v) is 9.87. The van der Waals surface area contributed by atoms with E-state index >= 15 is 0 Å². The Morgan fingerprint density at radius 1 is 1.18 bits per heavy atom.